The van der Waals surface area contributed by atoms with Crippen LogP contribution in [0.25, 0.3) is 0 Å². The third-order valence-electron chi connectivity index (χ3n) is 7.15. The Labute approximate surface area is 271 Å². The van der Waals surface area contributed by atoms with Crippen LogP contribution >= 0.6 is 22.9 Å². The van der Waals surface area contributed by atoms with Crippen molar-refractivity contribution in [3.8, 4) is 11.5 Å². The number of fused-ring (bicyclic) bond motifs is 1. The zero-order chi connectivity index (χ0) is 33.2. The van der Waals surface area contributed by atoms with Crippen LogP contribution in [0.4, 0.5) is 24.0 Å². The maximum absolute atomic E-state index is 15.5. The van der Waals surface area contributed by atoms with Crippen LogP contribution in [0.5, 0.6) is 11.5 Å². The van der Waals surface area contributed by atoms with Gasteiger partial charge in [-0.3, -0.25) is 14.5 Å². The summed E-state index contributed by atoms with van der Waals surface area (Å²) in [5.41, 5.74) is 0.428. The van der Waals surface area contributed by atoms with Crippen LogP contribution in [0.3, 0.4) is 0 Å². The maximum Gasteiger partial charge on any atom is 0.269 e. The molecule has 0 unspecified atom stereocenters. The van der Waals surface area contributed by atoms with Gasteiger partial charge in [-0.05, 0) is 36.4 Å². The number of hydrogen-bond acceptors (Lipinski definition) is 9. The fraction of sp³-hybridized carbons (Fsp3) is 0.233. The van der Waals surface area contributed by atoms with Crippen LogP contribution in [-0.4, -0.2) is 63.3 Å². The Kier molecular flexibility index (Phi) is 9.47. The summed E-state index contributed by atoms with van der Waals surface area (Å²) < 4.78 is 84.3. The Bertz CT molecular complexity index is 1860. The number of methoxy groups -OCH3 is 2. The van der Waals surface area contributed by atoms with E-state index in [0.717, 1.165) is 26.6 Å². The summed E-state index contributed by atoms with van der Waals surface area (Å²) in [5, 5.41) is 3.60. The summed E-state index contributed by atoms with van der Waals surface area (Å²) in [6, 6.07) is 12.3. The number of imide groups is 1. The molecule has 4 aromatic rings. The average molecular weight is 695 g/mol. The summed E-state index contributed by atoms with van der Waals surface area (Å²) >= 11 is 7.28. The topological polar surface area (TPSA) is 118 Å². The largest absolute Gasteiger partial charge is 0.497 e. The van der Waals surface area contributed by atoms with Crippen LogP contribution in [0.15, 0.2) is 71.1 Å². The van der Waals surface area contributed by atoms with Crippen molar-refractivity contribution in [1.29, 1.82) is 0 Å². The minimum absolute atomic E-state index is 0.0355. The number of halogens is 4. The van der Waals surface area contributed by atoms with E-state index in [-0.39, 0.29) is 33.5 Å². The van der Waals surface area contributed by atoms with Crippen molar-refractivity contribution < 1.29 is 40.7 Å². The van der Waals surface area contributed by atoms with Crippen LogP contribution < -0.4 is 19.1 Å². The summed E-state index contributed by atoms with van der Waals surface area (Å²) in [6.45, 7) is -1.88. The molecule has 0 atom stereocenters. The number of ether oxygens (including phenoxy) is 2. The highest BCUT2D eigenvalue weighted by Gasteiger charge is 2.38. The first-order valence-corrected chi connectivity index (χ1v) is 16.2. The highest BCUT2D eigenvalue weighted by Crippen LogP contribution is 2.36. The molecule has 2 heterocycles. The molecule has 46 heavy (non-hydrogen) atoms. The predicted octanol–water partition coefficient (Wildman–Crippen LogP) is 6.08. The molecule has 0 saturated carbocycles. The van der Waals surface area contributed by atoms with E-state index >= 15 is 4.39 Å². The van der Waals surface area contributed by atoms with E-state index in [1.807, 2.05) is 0 Å². The van der Waals surface area contributed by atoms with Crippen molar-refractivity contribution in [2.45, 2.75) is 23.8 Å². The smallest absolute Gasteiger partial charge is 0.269 e. The fourth-order valence-electron chi connectivity index (χ4n) is 4.74. The van der Waals surface area contributed by atoms with E-state index in [9.17, 15) is 26.8 Å². The molecule has 0 spiro atoms. The van der Waals surface area contributed by atoms with Gasteiger partial charge in [0.15, 0.2) is 5.13 Å². The zero-order valence-corrected chi connectivity index (χ0v) is 26.7. The first-order valence-electron chi connectivity index (χ1n) is 13.6. The third kappa shape index (κ3) is 6.62. The molecule has 1 aromatic heterocycles. The number of nitrogens with one attached hydrogen (secondary N) is 1. The monoisotopic (exact) mass is 694 g/mol. The quantitative estimate of drug-likeness (QED) is 0.167. The van der Waals surface area contributed by atoms with E-state index < -0.39 is 58.0 Å². The Balaban J connectivity index is 1.32. The van der Waals surface area contributed by atoms with Crippen molar-refractivity contribution in [2.24, 2.45) is 0 Å². The number of alkyl halides is 2. The zero-order valence-electron chi connectivity index (χ0n) is 24.3. The number of amides is 2. The van der Waals surface area contributed by atoms with E-state index in [1.54, 1.807) is 35.7 Å². The van der Waals surface area contributed by atoms with Gasteiger partial charge in [-0.1, -0.05) is 23.7 Å². The molecular formula is C30H26ClF3N4O6S2. The van der Waals surface area contributed by atoms with Gasteiger partial charge in [0, 0.05) is 36.2 Å². The molecule has 1 aliphatic heterocycles. The highest BCUT2D eigenvalue weighted by molar-refractivity contribution is 7.93. The third-order valence-corrected chi connectivity index (χ3v) is 10.1. The molecule has 3 aromatic carbocycles. The Hall–Kier alpha value is -4.34. The van der Waals surface area contributed by atoms with Crippen LogP contribution in [-0.2, 0) is 16.6 Å². The van der Waals surface area contributed by atoms with E-state index in [0.29, 0.717) is 23.1 Å². The van der Waals surface area contributed by atoms with Crippen LogP contribution in [0, 0.1) is 5.82 Å². The van der Waals surface area contributed by atoms with Gasteiger partial charge in [0.2, 0.25) is 0 Å². The minimum Gasteiger partial charge on any atom is -0.497 e. The lowest BCUT2D eigenvalue weighted by Crippen LogP contribution is -2.37. The average Bonchev–Trinajstić information content (AvgIpc) is 3.65. The van der Waals surface area contributed by atoms with Gasteiger partial charge in [-0.25, -0.2) is 30.9 Å². The van der Waals surface area contributed by atoms with Gasteiger partial charge in [0.1, 0.15) is 22.2 Å². The number of benzene rings is 3. The molecule has 16 heteroatoms. The molecule has 2 amide bonds. The number of sulfonamides is 1. The SMILES string of the molecule is COc1ccc(CN(c2nccs2)S(=O)(=O)c2cc(Cl)c(NCC(F)(F)CCN3C(=O)c4ccccc4C3=O)cc2F)c(OC)c1. The van der Waals surface area contributed by atoms with Crippen LogP contribution in [0.2, 0.25) is 5.02 Å². The van der Waals surface area contributed by atoms with Crippen molar-refractivity contribution in [2.75, 3.05) is 36.9 Å². The fourth-order valence-corrected chi connectivity index (χ4v) is 7.38. The van der Waals surface area contributed by atoms with Gasteiger partial charge in [-0.15, -0.1) is 11.3 Å². The molecule has 1 aliphatic rings. The lowest BCUT2D eigenvalue weighted by molar-refractivity contribution is -0.0000318. The second kappa shape index (κ2) is 13.2. The number of thiazole rings is 1. The Morgan fingerprint density at radius 1 is 1.04 bits per heavy atom. The number of nitrogens with zero attached hydrogens (tertiary/aromatic N) is 3. The predicted molar refractivity (Wildman–Crippen MR) is 166 cm³/mol. The van der Waals surface area contributed by atoms with Gasteiger partial charge >= 0.3 is 0 Å². The van der Waals surface area contributed by atoms with Crippen LogP contribution in [0.1, 0.15) is 32.7 Å². The Morgan fingerprint density at radius 2 is 1.74 bits per heavy atom. The second-order valence-electron chi connectivity index (χ2n) is 10.0. The van der Waals surface area contributed by atoms with Crippen molar-refractivity contribution >= 4 is 55.6 Å². The number of hydrogen-bond donors (Lipinski definition) is 1. The summed E-state index contributed by atoms with van der Waals surface area (Å²) in [7, 11) is -1.77. The molecule has 5 rings (SSSR count). The van der Waals surface area contributed by atoms with Gasteiger partial charge in [-0.2, -0.15) is 0 Å². The number of carbonyl (C=O) groups is 2. The van der Waals surface area contributed by atoms with Gasteiger partial charge in [0.25, 0.3) is 27.8 Å². The van der Waals surface area contributed by atoms with Crippen molar-refractivity contribution in [3.63, 3.8) is 0 Å². The normalized spacial score (nSPS) is 13.1. The molecule has 0 radical (unpaired) electrons. The van der Waals surface area contributed by atoms with Crippen molar-refractivity contribution in [1.82, 2.24) is 9.88 Å². The molecular weight excluding hydrogens is 669 g/mol. The number of aromatic nitrogens is 1. The number of anilines is 2. The Morgan fingerprint density at radius 3 is 2.35 bits per heavy atom. The second-order valence-corrected chi connectivity index (χ2v) is 13.1. The van der Waals surface area contributed by atoms with E-state index in [4.69, 9.17) is 21.1 Å². The van der Waals surface area contributed by atoms with Gasteiger partial charge < -0.3 is 14.8 Å². The van der Waals surface area contributed by atoms with Crippen molar-refractivity contribution in [3.05, 3.63) is 93.7 Å². The summed E-state index contributed by atoms with van der Waals surface area (Å²) in [5.74, 6) is -5.24. The molecule has 242 valence electrons. The molecule has 0 bridgehead atoms. The number of carbonyl (C=O) groups excluding carboxylic acids is 2. The molecule has 0 fully saturated rings. The van der Waals surface area contributed by atoms with E-state index in [2.05, 4.69) is 10.3 Å². The summed E-state index contributed by atoms with van der Waals surface area (Å²) in [6.07, 6.45) is 0.508. The van der Waals surface area contributed by atoms with E-state index in [1.165, 1.54) is 32.5 Å². The summed E-state index contributed by atoms with van der Waals surface area (Å²) in [4.78, 5) is 29.0. The molecule has 0 saturated heterocycles. The lowest BCUT2D eigenvalue weighted by atomic mass is 10.1. The molecule has 10 nitrogen and oxygen atoms in total. The number of rotatable bonds is 13. The maximum atomic E-state index is 15.5. The highest BCUT2D eigenvalue weighted by atomic mass is 35.5. The van der Waals surface area contributed by atoms with Gasteiger partial charge in [0.05, 0.1) is 49.1 Å². The molecule has 1 N–H and O–H groups in total. The first-order chi connectivity index (χ1) is 21.9. The lowest BCUT2D eigenvalue weighted by Gasteiger charge is -2.24. The first kappa shape index (κ1) is 33.0. The molecule has 0 aliphatic carbocycles. The minimum atomic E-state index is -4.64. The standard InChI is InChI=1S/C30H26ClF3N4O6S2/c1-43-19-8-7-18(25(13-19)44-2)16-38(29-35-10-12-45-29)46(41,42)26-14-22(31)24(15-23(26)32)36-17-30(33,34)9-11-37-27(39)20-5-3-4-6-21(20)28(37)40/h3-8,10,12-15,36H,9,11,16-17H2,1-2H3.